The van der Waals surface area contributed by atoms with E-state index in [4.69, 9.17) is 0 Å². The van der Waals surface area contributed by atoms with E-state index in [1.54, 1.807) is 0 Å². The summed E-state index contributed by atoms with van der Waals surface area (Å²) in [5, 5.41) is 8.66. The number of aryl methyl sites for hydroxylation is 1. The van der Waals surface area contributed by atoms with Crippen LogP contribution in [0.5, 0.6) is 0 Å². The molecule has 0 spiro atoms. The van der Waals surface area contributed by atoms with Crippen LogP contribution in [-0.2, 0) is 0 Å². The highest BCUT2D eigenvalue weighted by Gasteiger charge is 2.18. The first-order chi connectivity index (χ1) is 25.7. The SMILES string of the molecule is Cc1ccccc1-c1cc(-c2ccc3c(c2)c2ccccc2n3-c2ccc3c(c2)c2ccccc2n3-c2ccccc2)ccc1Nc1ccccc1. The molecule has 10 rings (SSSR count). The molecule has 3 heteroatoms. The van der Waals surface area contributed by atoms with Gasteiger partial charge < -0.3 is 14.5 Å². The van der Waals surface area contributed by atoms with Crippen LogP contribution in [0.2, 0.25) is 0 Å². The van der Waals surface area contributed by atoms with Gasteiger partial charge in [0.05, 0.1) is 22.1 Å². The summed E-state index contributed by atoms with van der Waals surface area (Å²) >= 11 is 0. The largest absolute Gasteiger partial charge is 0.355 e. The molecular formula is C49H35N3. The molecule has 3 nitrogen and oxygen atoms in total. The zero-order valence-corrected chi connectivity index (χ0v) is 28.8. The summed E-state index contributed by atoms with van der Waals surface area (Å²) in [7, 11) is 0. The Balaban J connectivity index is 1.14. The third-order valence-corrected chi connectivity index (χ3v) is 10.4. The van der Waals surface area contributed by atoms with E-state index in [0.717, 1.165) is 17.1 Å². The van der Waals surface area contributed by atoms with Gasteiger partial charge in [0, 0.05) is 49.9 Å². The standard InChI is InChI=1S/C49H35N3/c1-33-14-8-9-19-39(33)42-30-34(24-27-45(42)50-36-15-4-2-5-16-36)35-25-28-48-43(31-35)40-20-10-13-23-47(40)52(48)38-26-29-49-44(32-38)41-21-11-12-22-46(41)51(49)37-17-6-3-7-18-37/h2-32,50H,1H3. The third kappa shape index (κ3) is 4.90. The number of benzene rings is 8. The van der Waals surface area contributed by atoms with E-state index in [2.05, 4.69) is 203 Å². The lowest BCUT2D eigenvalue weighted by Crippen LogP contribution is -1.96. The Morgan fingerprint density at radius 2 is 0.904 bits per heavy atom. The van der Waals surface area contributed by atoms with Crippen molar-refractivity contribution in [3.8, 4) is 33.6 Å². The second-order valence-corrected chi connectivity index (χ2v) is 13.5. The van der Waals surface area contributed by atoms with Gasteiger partial charge >= 0.3 is 0 Å². The van der Waals surface area contributed by atoms with Crippen molar-refractivity contribution in [3.05, 3.63) is 194 Å². The normalized spacial score (nSPS) is 11.6. The molecular weight excluding hydrogens is 631 g/mol. The van der Waals surface area contributed by atoms with Gasteiger partial charge in [-0.2, -0.15) is 0 Å². The maximum atomic E-state index is 3.68. The fraction of sp³-hybridized carbons (Fsp3) is 0.0204. The molecule has 10 aromatic rings. The molecule has 246 valence electrons. The molecule has 2 aromatic heterocycles. The molecule has 0 atom stereocenters. The Hall–Kier alpha value is -6.84. The lowest BCUT2D eigenvalue weighted by Gasteiger charge is -2.16. The molecule has 0 fully saturated rings. The van der Waals surface area contributed by atoms with Crippen LogP contribution in [-0.4, -0.2) is 9.13 Å². The van der Waals surface area contributed by atoms with E-state index in [0.29, 0.717) is 0 Å². The van der Waals surface area contributed by atoms with E-state index < -0.39 is 0 Å². The molecule has 0 saturated carbocycles. The van der Waals surface area contributed by atoms with Gasteiger partial charge in [0.15, 0.2) is 0 Å². The van der Waals surface area contributed by atoms with E-state index in [1.807, 2.05) is 6.07 Å². The molecule has 1 N–H and O–H groups in total. The predicted octanol–water partition coefficient (Wildman–Crippen LogP) is 13.3. The Morgan fingerprint density at radius 3 is 1.63 bits per heavy atom. The zero-order chi connectivity index (χ0) is 34.6. The number of para-hydroxylation sites is 4. The number of nitrogens with zero attached hydrogens (tertiary/aromatic N) is 2. The monoisotopic (exact) mass is 665 g/mol. The minimum Gasteiger partial charge on any atom is -0.355 e. The van der Waals surface area contributed by atoms with Crippen molar-refractivity contribution in [2.24, 2.45) is 0 Å². The van der Waals surface area contributed by atoms with E-state index >= 15 is 0 Å². The molecule has 52 heavy (non-hydrogen) atoms. The topological polar surface area (TPSA) is 21.9 Å². The first-order valence-corrected chi connectivity index (χ1v) is 17.9. The summed E-state index contributed by atoms with van der Waals surface area (Å²) < 4.78 is 4.80. The van der Waals surface area contributed by atoms with Crippen LogP contribution >= 0.6 is 0 Å². The Labute approximate surface area is 302 Å². The van der Waals surface area contributed by atoms with E-state index in [-0.39, 0.29) is 0 Å². The fourth-order valence-corrected chi connectivity index (χ4v) is 7.99. The number of hydrogen-bond acceptors (Lipinski definition) is 1. The zero-order valence-electron chi connectivity index (χ0n) is 28.8. The first kappa shape index (κ1) is 30.0. The summed E-state index contributed by atoms with van der Waals surface area (Å²) in [5.74, 6) is 0. The summed E-state index contributed by atoms with van der Waals surface area (Å²) in [5.41, 5.74) is 15.3. The lowest BCUT2D eigenvalue weighted by atomic mass is 9.94. The molecule has 0 aliphatic rings. The average Bonchev–Trinajstić information content (AvgIpc) is 3.71. The van der Waals surface area contributed by atoms with Crippen molar-refractivity contribution in [3.63, 3.8) is 0 Å². The van der Waals surface area contributed by atoms with Gasteiger partial charge in [-0.1, -0.05) is 109 Å². The van der Waals surface area contributed by atoms with Gasteiger partial charge in [-0.15, -0.1) is 0 Å². The molecule has 0 radical (unpaired) electrons. The van der Waals surface area contributed by atoms with Crippen molar-refractivity contribution in [1.29, 1.82) is 0 Å². The number of fused-ring (bicyclic) bond motifs is 6. The van der Waals surface area contributed by atoms with Gasteiger partial charge in [-0.05, 0) is 108 Å². The number of nitrogens with one attached hydrogen (secondary N) is 1. The Kier molecular flexibility index (Phi) is 7.04. The van der Waals surface area contributed by atoms with Gasteiger partial charge in [-0.25, -0.2) is 0 Å². The summed E-state index contributed by atoms with van der Waals surface area (Å²) in [6.07, 6.45) is 0. The van der Waals surface area contributed by atoms with Crippen molar-refractivity contribution >= 4 is 55.0 Å². The summed E-state index contributed by atoms with van der Waals surface area (Å²) in [6, 6.07) is 67.9. The van der Waals surface area contributed by atoms with Crippen LogP contribution in [0.25, 0.3) is 77.2 Å². The van der Waals surface area contributed by atoms with Gasteiger partial charge in [0.25, 0.3) is 0 Å². The summed E-state index contributed by atoms with van der Waals surface area (Å²) in [4.78, 5) is 0. The number of anilines is 2. The first-order valence-electron chi connectivity index (χ1n) is 17.9. The smallest absolute Gasteiger partial charge is 0.0542 e. The molecule has 2 heterocycles. The van der Waals surface area contributed by atoms with E-state index in [1.165, 1.54) is 77.1 Å². The van der Waals surface area contributed by atoms with E-state index in [9.17, 15) is 0 Å². The summed E-state index contributed by atoms with van der Waals surface area (Å²) in [6.45, 7) is 2.19. The number of aromatic nitrogens is 2. The van der Waals surface area contributed by atoms with Crippen molar-refractivity contribution in [2.45, 2.75) is 6.92 Å². The maximum Gasteiger partial charge on any atom is 0.0542 e. The Morgan fingerprint density at radius 1 is 0.365 bits per heavy atom. The second-order valence-electron chi connectivity index (χ2n) is 13.5. The molecule has 0 unspecified atom stereocenters. The fourth-order valence-electron chi connectivity index (χ4n) is 7.99. The Bertz CT molecular complexity index is 2930. The number of hydrogen-bond donors (Lipinski definition) is 1. The van der Waals surface area contributed by atoms with Crippen LogP contribution in [0.4, 0.5) is 11.4 Å². The second kappa shape index (κ2) is 12.2. The van der Waals surface area contributed by atoms with Crippen molar-refractivity contribution in [1.82, 2.24) is 9.13 Å². The number of rotatable bonds is 6. The van der Waals surface area contributed by atoms with Crippen molar-refractivity contribution < 1.29 is 0 Å². The van der Waals surface area contributed by atoms with Crippen LogP contribution < -0.4 is 5.32 Å². The van der Waals surface area contributed by atoms with Gasteiger partial charge in [0.1, 0.15) is 0 Å². The van der Waals surface area contributed by atoms with Crippen LogP contribution in [0.3, 0.4) is 0 Å². The third-order valence-electron chi connectivity index (χ3n) is 10.4. The van der Waals surface area contributed by atoms with Crippen LogP contribution in [0.15, 0.2) is 188 Å². The predicted molar refractivity (Wildman–Crippen MR) is 220 cm³/mol. The lowest BCUT2D eigenvalue weighted by molar-refractivity contribution is 1.17. The van der Waals surface area contributed by atoms with Crippen LogP contribution in [0, 0.1) is 6.92 Å². The van der Waals surface area contributed by atoms with Gasteiger partial charge in [-0.3, -0.25) is 0 Å². The highest BCUT2D eigenvalue weighted by Crippen LogP contribution is 2.40. The molecule has 0 bridgehead atoms. The minimum atomic E-state index is 1.07. The minimum absolute atomic E-state index is 1.07. The van der Waals surface area contributed by atoms with Crippen molar-refractivity contribution in [2.75, 3.05) is 5.32 Å². The molecule has 0 saturated heterocycles. The molecule has 8 aromatic carbocycles. The molecule has 0 aliphatic carbocycles. The van der Waals surface area contributed by atoms with Gasteiger partial charge in [0.2, 0.25) is 0 Å². The molecule has 0 aliphatic heterocycles. The molecule has 0 amide bonds. The maximum absolute atomic E-state index is 3.68. The average molecular weight is 666 g/mol. The highest BCUT2D eigenvalue weighted by atomic mass is 15.0. The quantitative estimate of drug-likeness (QED) is 0.188. The van der Waals surface area contributed by atoms with Crippen LogP contribution in [0.1, 0.15) is 5.56 Å². The highest BCUT2D eigenvalue weighted by molar-refractivity contribution is 6.13.